The Bertz CT molecular complexity index is 709. The van der Waals surface area contributed by atoms with Crippen LogP contribution in [0.3, 0.4) is 0 Å². The second kappa shape index (κ2) is 7.23. The monoisotopic (exact) mass is 336 g/mol. The third-order valence-electron chi connectivity index (χ3n) is 3.13. The number of nitrogens with zero attached hydrogens (tertiary/aromatic N) is 4. The first-order valence-corrected chi connectivity index (χ1v) is 7.04. The van der Waals surface area contributed by atoms with Gasteiger partial charge in [0, 0.05) is 18.7 Å². The van der Waals surface area contributed by atoms with Crippen LogP contribution in [0.4, 0.5) is 10.5 Å². The van der Waals surface area contributed by atoms with Crippen LogP contribution in [0, 0.1) is 6.92 Å². The van der Waals surface area contributed by atoms with Crippen molar-refractivity contribution in [2.75, 3.05) is 12.1 Å². The quantitative estimate of drug-likeness (QED) is 0.380. The normalized spacial score (nSPS) is 10.3. The molecule has 0 bridgehead atoms. The molecule has 0 unspecified atom stereocenters. The molecule has 0 saturated heterocycles. The van der Waals surface area contributed by atoms with Crippen molar-refractivity contribution in [1.82, 2.24) is 15.0 Å². The van der Waals surface area contributed by atoms with E-state index < -0.39 is 6.03 Å². The molecule has 8 nitrogen and oxygen atoms in total. The molecule has 4 N–H and O–H groups in total. The molecule has 0 radical (unpaired) electrons. The van der Waals surface area contributed by atoms with E-state index >= 15 is 0 Å². The molecule has 1 aromatic carbocycles. The Morgan fingerprint density at radius 3 is 2.74 bits per heavy atom. The SMILES string of the molecule is Cc1cccc(N(N)C(=O)N(C)N)c1COc1cc(Cl)ncn1. The molecule has 122 valence electrons. The van der Waals surface area contributed by atoms with Gasteiger partial charge in [-0.05, 0) is 18.6 Å². The third-order valence-corrected chi connectivity index (χ3v) is 3.33. The maximum Gasteiger partial charge on any atom is 0.352 e. The molecule has 2 rings (SSSR count). The maximum absolute atomic E-state index is 11.9. The molecule has 0 saturated carbocycles. The highest BCUT2D eigenvalue weighted by atomic mass is 35.5. The fraction of sp³-hybridized carbons (Fsp3) is 0.214. The summed E-state index contributed by atoms with van der Waals surface area (Å²) < 4.78 is 5.61. The highest BCUT2D eigenvalue weighted by Gasteiger charge is 2.19. The summed E-state index contributed by atoms with van der Waals surface area (Å²) in [5.74, 6) is 11.6. The van der Waals surface area contributed by atoms with E-state index in [0.717, 1.165) is 21.1 Å². The lowest BCUT2D eigenvalue weighted by atomic mass is 10.1. The van der Waals surface area contributed by atoms with Crippen molar-refractivity contribution >= 4 is 23.3 Å². The van der Waals surface area contributed by atoms with Gasteiger partial charge in [-0.15, -0.1) is 0 Å². The van der Waals surface area contributed by atoms with Crippen molar-refractivity contribution in [3.05, 3.63) is 46.9 Å². The topological polar surface area (TPSA) is 111 Å². The number of rotatable bonds is 4. The Kier molecular flexibility index (Phi) is 5.32. The smallest absolute Gasteiger partial charge is 0.352 e. The van der Waals surface area contributed by atoms with Gasteiger partial charge in [0.25, 0.3) is 0 Å². The minimum absolute atomic E-state index is 0.157. The molecule has 1 heterocycles. The van der Waals surface area contributed by atoms with Crippen LogP contribution in [0.15, 0.2) is 30.6 Å². The Morgan fingerprint density at radius 2 is 2.09 bits per heavy atom. The number of ether oxygens (including phenoxy) is 1. The van der Waals surface area contributed by atoms with E-state index in [1.165, 1.54) is 19.4 Å². The number of amides is 2. The number of halogens is 1. The van der Waals surface area contributed by atoms with Crippen LogP contribution in [-0.4, -0.2) is 28.1 Å². The summed E-state index contributed by atoms with van der Waals surface area (Å²) in [5.41, 5.74) is 2.14. The number of carbonyl (C=O) groups is 1. The lowest BCUT2D eigenvalue weighted by Crippen LogP contribution is -2.49. The largest absolute Gasteiger partial charge is 0.473 e. The first-order valence-electron chi connectivity index (χ1n) is 6.66. The Labute approximate surface area is 138 Å². The van der Waals surface area contributed by atoms with E-state index in [4.69, 9.17) is 28.0 Å². The van der Waals surface area contributed by atoms with Crippen LogP contribution >= 0.6 is 11.6 Å². The zero-order valence-electron chi connectivity index (χ0n) is 12.7. The summed E-state index contributed by atoms with van der Waals surface area (Å²) in [7, 11) is 1.41. The predicted molar refractivity (Wildman–Crippen MR) is 86.6 cm³/mol. The summed E-state index contributed by atoms with van der Waals surface area (Å²) in [5, 5.41) is 2.15. The second-order valence-corrected chi connectivity index (χ2v) is 5.19. The number of hydrogen-bond acceptors (Lipinski definition) is 6. The van der Waals surface area contributed by atoms with E-state index in [1.54, 1.807) is 12.1 Å². The number of urea groups is 1. The van der Waals surface area contributed by atoms with Crippen molar-refractivity contribution in [2.45, 2.75) is 13.5 Å². The third kappa shape index (κ3) is 4.07. The second-order valence-electron chi connectivity index (χ2n) is 4.80. The highest BCUT2D eigenvalue weighted by Crippen LogP contribution is 2.24. The first-order chi connectivity index (χ1) is 10.9. The molecule has 0 aliphatic rings. The molecule has 0 aliphatic carbocycles. The van der Waals surface area contributed by atoms with Gasteiger partial charge in [0.1, 0.15) is 18.1 Å². The predicted octanol–water partition coefficient (Wildman–Crippen LogP) is 1.62. The number of aryl methyl sites for hydroxylation is 1. The average molecular weight is 337 g/mol. The van der Waals surface area contributed by atoms with E-state index in [0.29, 0.717) is 11.6 Å². The number of carbonyl (C=O) groups excluding carboxylic acids is 1. The van der Waals surface area contributed by atoms with Crippen LogP contribution in [0.1, 0.15) is 11.1 Å². The molecule has 23 heavy (non-hydrogen) atoms. The van der Waals surface area contributed by atoms with E-state index in [1.807, 2.05) is 13.0 Å². The van der Waals surface area contributed by atoms with Crippen molar-refractivity contribution < 1.29 is 9.53 Å². The Hall–Kier alpha value is -2.42. The highest BCUT2D eigenvalue weighted by molar-refractivity contribution is 6.29. The van der Waals surface area contributed by atoms with Crippen LogP contribution in [0.5, 0.6) is 5.88 Å². The molecular formula is C14H17ClN6O2. The molecule has 0 aliphatic heterocycles. The van der Waals surface area contributed by atoms with Gasteiger partial charge in [-0.1, -0.05) is 23.7 Å². The van der Waals surface area contributed by atoms with Gasteiger partial charge in [0.15, 0.2) is 0 Å². The number of hydrogen-bond donors (Lipinski definition) is 2. The lowest BCUT2D eigenvalue weighted by molar-refractivity contribution is 0.216. The molecule has 0 spiro atoms. The fourth-order valence-electron chi connectivity index (χ4n) is 1.92. The number of benzene rings is 1. The molecule has 2 aromatic rings. The van der Waals surface area contributed by atoms with E-state index in [-0.39, 0.29) is 11.8 Å². The van der Waals surface area contributed by atoms with Gasteiger partial charge in [0.2, 0.25) is 5.88 Å². The number of hydrazine groups is 2. The van der Waals surface area contributed by atoms with Crippen molar-refractivity contribution in [2.24, 2.45) is 11.7 Å². The average Bonchev–Trinajstić information content (AvgIpc) is 2.52. The molecule has 0 atom stereocenters. The molecule has 0 fully saturated rings. The van der Waals surface area contributed by atoms with Gasteiger partial charge in [-0.2, -0.15) is 0 Å². The van der Waals surface area contributed by atoms with Crippen molar-refractivity contribution in [3.8, 4) is 5.88 Å². The van der Waals surface area contributed by atoms with Crippen molar-refractivity contribution in [3.63, 3.8) is 0 Å². The fourth-order valence-corrected chi connectivity index (χ4v) is 2.05. The van der Waals surface area contributed by atoms with Crippen LogP contribution < -0.4 is 21.4 Å². The molecule has 9 heteroatoms. The van der Waals surface area contributed by atoms with Gasteiger partial charge in [-0.3, -0.25) is 5.01 Å². The number of anilines is 1. The first kappa shape index (κ1) is 16.9. The minimum atomic E-state index is -0.554. The van der Waals surface area contributed by atoms with E-state index in [9.17, 15) is 4.79 Å². The van der Waals surface area contributed by atoms with Crippen LogP contribution in [0.25, 0.3) is 0 Å². The van der Waals surface area contributed by atoms with Gasteiger partial charge in [-0.25, -0.2) is 31.5 Å². The van der Waals surface area contributed by atoms with Gasteiger partial charge >= 0.3 is 6.03 Å². The summed E-state index contributed by atoms with van der Waals surface area (Å²) in [6.07, 6.45) is 1.30. The zero-order chi connectivity index (χ0) is 17.0. The zero-order valence-corrected chi connectivity index (χ0v) is 13.5. The summed E-state index contributed by atoms with van der Waals surface area (Å²) >= 11 is 5.79. The maximum atomic E-state index is 11.9. The van der Waals surface area contributed by atoms with Crippen LogP contribution in [0.2, 0.25) is 5.15 Å². The van der Waals surface area contributed by atoms with E-state index in [2.05, 4.69) is 9.97 Å². The number of aromatic nitrogens is 2. The molecule has 1 aromatic heterocycles. The summed E-state index contributed by atoms with van der Waals surface area (Å²) in [6, 6.07) is 6.33. The van der Waals surface area contributed by atoms with Crippen LogP contribution in [-0.2, 0) is 6.61 Å². The Morgan fingerprint density at radius 1 is 1.35 bits per heavy atom. The van der Waals surface area contributed by atoms with Gasteiger partial charge in [0.05, 0.1) is 5.69 Å². The standard InChI is InChI=1S/C14H17ClN6O2/c1-9-4-3-5-11(21(17)14(22)20(2)16)10(9)7-23-13-6-12(15)18-8-19-13/h3-6,8H,7,16-17H2,1-2H3. The molecule has 2 amide bonds. The van der Waals surface area contributed by atoms with Gasteiger partial charge < -0.3 is 4.74 Å². The Balaban J connectivity index is 2.26. The van der Waals surface area contributed by atoms with Crippen molar-refractivity contribution in [1.29, 1.82) is 0 Å². The molecular weight excluding hydrogens is 320 g/mol. The summed E-state index contributed by atoms with van der Waals surface area (Å²) in [4.78, 5) is 19.7. The minimum Gasteiger partial charge on any atom is -0.473 e. The lowest BCUT2D eigenvalue weighted by Gasteiger charge is -2.24. The summed E-state index contributed by atoms with van der Waals surface area (Å²) in [6.45, 7) is 2.05. The number of nitrogens with two attached hydrogens (primary N) is 2.